The smallest absolute Gasteiger partial charge is 0.310 e. The maximum Gasteiger partial charge on any atom is 0.310 e. The maximum absolute atomic E-state index is 11.0. The van der Waals surface area contributed by atoms with E-state index in [-0.39, 0.29) is 27.9 Å². The Morgan fingerprint density at radius 2 is 2.25 bits per heavy atom. The summed E-state index contributed by atoms with van der Waals surface area (Å²) in [7, 11) is 1.22. The van der Waals surface area contributed by atoms with Crippen LogP contribution in [0, 0.1) is 10.1 Å². The monoisotopic (exact) mass is 289 g/mol. The quantitative estimate of drug-likeness (QED) is 0.520. The third kappa shape index (κ3) is 2.69. The number of aromatic hydroxyl groups is 1. The highest BCUT2D eigenvalue weighted by Gasteiger charge is 2.17. The van der Waals surface area contributed by atoms with Crippen LogP contribution in [0.15, 0.2) is 16.6 Å². The molecular formula is C9H8BrNO5. The Hall–Kier alpha value is -1.63. The minimum absolute atomic E-state index is 0.140. The average Bonchev–Trinajstić information content (AvgIpc) is 2.22. The van der Waals surface area contributed by atoms with E-state index in [2.05, 4.69) is 20.7 Å². The SMILES string of the molecule is COC(=O)Cc1cc(Br)c([N+](=O)[O-])cc1O. The summed E-state index contributed by atoms with van der Waals surface area (Å²) in [5, 5.41) is 20.0. The Kier molecular flexibility index (Phi) is 3.83. The zero-order chi connectivity index (χ0) is 12.3. The molecule has 1 N–H and O–H groups in total. The largest absolute Gasteiger partial charge is 0.507 e. The van der Waals surface area contributed by atoms with Gasteiger partial charge in [-0.05, 0) is 22.0 Å². The van der Waals surface area contributed by atoms with Gasteiger partial charge in [-0.3, -0.25) is 14.9 Å². The molecule has 0 aliphatic rings. The van der Waals surface area contributed by atoms with E-state index in [1.54, 1.807) is 0 Å². The van der Waals surface area contributed by atoms with Gasteiger partial charge in [-0.2, -0.15) is 0 Å². The molecule has 0 fully saturated rings. The number of nitro groups is 1. The van der Waals surface area contributed by atoms with Gasteiger partial charge in [0, 0.05) is 5.56 Å². The fourth-order valence-electron chi connectivity index (χ4n) is 1.10. The minimum Gasteiger partial charge on any atom is -0.507 e. The molecule has 0 saturated heterocycles. The first kappa shape index (κ1) is 12.4. The molecule has 16 heavy (non-hydrogen) atoms. The lowest BCUT2D eigenvalue weighted by Crippen LogP contribution is -2.05. The van der Waals surface area contributed by atoms with Crippen LogP contribution in [0.3, 0.4) is 0 Å². The molecule has 0 aliphatic carbocycles. The summed E-state index contributed by atoms with van der Waals surface area (Å²) in [6.07, 6.45) is -0.140. The number of phenols is 1. The second-order valence-corrected chi connectivity index (χ2v) is 3.80. The highest BCUT2D eigenvalue weighted by Crippen LogP contribution is 2.32. The second-order valence-electron chi connectivity index (χ2n) is 2.94. The topological polar surface area (TPSA) is 89.7 Å². The van der Waals surface area contributed by atoms with E-state index in [1.165, 1.54) is 13.2 Å². The molecule has 0 aromatic heterocycles. The van der Waals surface area contributed by atoms with Crippen LogP contribution in [0.4, 0.5) is 5.69 Å². The summed E-state index contributed by atoms with van der Waals surface area (Å²) in [6.45, 7) is 0. The van der Waals surface area contributed by atoms with Gasteiger partial charge in [0.25, 0.3) is 5.69 Å². The Balaban J connectivity index is 3.10. The van der Waals surface area contributed by atoms with Crippen LogP contribution in [-0.4, -0.2) is 23.1 Å². The van der Waals surface area contributed by atoms with E-state index in [0.29, 0.717) is 0 Å². The van der Waals surface area contributed by atoms with E-state index in [9.17, 15) is 20.0 Å². The molecule has 1 aromatic carbocycles. The number of nitro benzene ring substituents is 1. The van der Waals surface area contributed by atoms with Crippen molar-refractivity contribution >= 4 is 27.6 Å². The van der Waals surface area contributed by atoms with Crippen LogP contribution in [0.1, 0.15) is 5.56 Å². The summed E-state index contributed by atoms with van der Waals surface area (Å²) in [5.41, 5.74) is 0.00967. The Morgan fingerprint density at radius 1 is 1.62 bits per heavy atom. The molecule has 0 heterocycles. The molecule has 1 rings (SSSR count). The van der Waals surface area contributed by atoms with Crippen molar-refractivity contribution in [2.75, 3.05) is 7.11 Å². The molecule has 0 radical (unpaired) electrons. The lowest BCUT2D eigenvalue weighted by molar-refractivity contribution is -0.385. The number of hydrogen-bond acceptors (Lipinski definition) is 5. The van der Waals surface area contributed by atoms with Crippen LogP contribution in [0.25, 0.3) is 0 Å². The Bertz CT molecular complexity index is 446. The van der Waals surface area contributed by atoms with Crippen LogP contribution in [0.2, 0.25) is 0 Å². The third-order valence-corrected chi connectivity index (χ3v) is 2.54. The molecule has 0 amide bonds. The van der Waals surface area contributed by atoms with Gasteiger partial charge in [-0.15, -0.1) is 0 Å². The lowest BCUT2D eigenvalue weighted by Gasteiger charge is -2.04. The van der Waals surface area contributed by atoms with Gasteiger partial charge in [0.15, 0.2) is 0 Å². The van der Waals surface area contributed by atoms with E-state index in [0.717, 1.165) is 6.07 Å². The first-order valence-corrected chi connectivity index (χ1v) is 4.97. The normalized spacial score (nSPS) is 9.88. The minimum atomic E-state index is -0.633. The van der Waals surface area contributed by atoms with Gasteiger partial charge in [0.05, 0.1) is 29.0 Å². The van der Waals surface area contributed by atoms with Crippen molar-refractivity contribution in [1.29, 1.82) is 0 Å². The van der Waals surface area contributed by atoms with Crippen molar-refractivity contribution in [2.24, 2.45) is 0 Å². The molecule has 86 valence electrons. The fraction of sp³-hybridized carbons (Fsp3) is 0.222. The highest BCUT2D eigenvalue weighted by molar-refractivity contribution is 9.10. The number of benzene rings is 1. The standard InChI is InChI=1S/C9H8BrNO5/c1-16-9(13)3-5-2-6(10)7(11(14)15)4-8(5)12/h2,4,12H,3H2,1H3. The molecule has 0 bridgehead atoms. The van der Waals surface area contributed by atoms with E-state index in [4.69, 9.17) is 0 Å². The molecule has 0 aliphatic heterocycles. The van der Waals surface area contributed by atoms with Crippen molar-refractivity contribution < 1.29 is 19.6 Å². The van der Waals surface area contributed by atoms with E-state index < -0.39 is 10.9 Å². The van der Waals surface area contributed by atoms with Gasteiger partial charge in [0.1, 0.15) is 5.75 Å². The van der Waals surface area contributed by atoms with Gasteiger partial charge < -0.3 is 9.84 Å². The summed E-state index contributed by atoms with van der Waals surface area (Å²) in [4.78, 5) is 20.9. The predicted octanol–water partition coefficient (Wildman–Crippen LogP) is 1.78. The summed E-state index contributed by atoms with van der Waals surface area (Å²) >= 11 is 2.99. The number of phenolic OH excluding ortho intramolecular Hbond substituents is 1. The van der Waals surface area contributed by atoms with Crippen molar-refractivity contribution in [1.82, 2.24) is 0 Å². The number of ether oxygens (including phenoxy) is 1. The maximum atomic E-state index is 11.0. The number of halogens is 1. The molecule has 0 unspecified atom stereocenters. The molecular weight excluding hydrogens is 282 g/mol. The molecule has 6 nitrogen and oxygen atoms in total. The van der Waals surface area contributed by atoms with Gasteiger partial charge in [0.2, 0.25) is 0 Å². The lowest BCUT2D eigenvalue weighted by atomic mass is 10.1. The van der Waals surface area contributed by atoms with Crippen LogP contribution in [-0.2, 0) is 16.0 Å². The number of nitrogens with zero attached hydrogens (tertiary/aromatic N) is 1. The number of methoxy groups -OCH3 is 1. The van der Waals surface area contributed by atoms with Gasteiger partial charge >= 0.3 is 5.97 Å². The van der Waals surface area contributed by atoms with Crippen LogP contribution >= 0.6 is 15.9 Å². The number of carbonyl (C=O) groups excluding carboxylic acids is 1. The average molecular weight is 290 g/mol. The fourth-order valence-corrected chi connectivity index (χ4v) is 1.64. The van der Waals surface area contributed by atoms with Gasteiger partial charge in [-0.25, -0.2) is 0 Å². The third-order valence-electron chi connectivity index (χ3n) is 1.91. The zero-order valence-electron chi connectivity index (χ0n) is 8.27. The first-order chi connectivity index (χ1) is 7.45. The van der Waals surface area contributed by atoms with Gasteiger partial charge in [-0.1, -0.05) is 0 Å². The molecule has 0 saturated carbocycles. The van der Waals surface area contributed by atoms with Crippen molar-refractivity contribution in [2.45, 2.75) is 6.42 Å². The molecule has 1 aromatic rings. The summed E-state index contributed by atoms with van der Waals surface area (Å²) in [5.74, 6) is -0.837. The molecule has 0 spiro atoms. The van der Waals surface area contributed by atoms with Crippen LogP contribution in [0.5, 0.6) is 5.75 Å². The number of carbonyl (C=O) groups is 1. The zero-order valence-corrected chi connectivity index (χ0v) is 9.85. The van der Waals surface area contributed by atoms with Crippen molar-refractivity contribution in [3.63, 3.8) is 0 Å². The number of hydrogen-bond donors (Lipinski definition) is 1. The summed E-state index contributed by atoms with van der Waals surface area (Å²) < 4.78 is 4.63. The molecule has 0 atom stereocenters. The first-order valence-electron chi connectivity index (χ1n) is 4.18. The van der Waals surface area contributed by atoms with E-state index in [1.807, 2.05) is 0 Å². The van der Waals surface area contributed by atoms with E-state index >= 15 is 0 Å². The Labute approximate surface area is 99.1 Å². The van der Waals surface area contributed by atoms with Crippen molar-refractivity contribution in [3.05, 3.63) is 32.3 Å². The second kappa shape index (κ2) is 4.93. The number of esters is 1. The summed E-state index contributed by atoms with van der Waals surface area (Å²) in [6, 6.07) is 2.31. The van der Waals surface area contributed by atoms with Crippen LogP contribution < -0.4 is 0 Å². The molecule has 7 heteroatoms. The highest BCUT2D eigenvalue weighted by atomic mass is 79.9. The number of rotatable bonds is 3. The Morgan fingerprint density at radius 3 is 2.75 bits per heavy atom. The van der Waals surface area contributed by atoms with Crippen molar-refractivity contribution in [3.8, 4) is 5.75 Å². The predicted molar refractivity (Wildman–Crippen MR) is 58.2 cm³/mol.